The number of hydrogen-bond donors (Lipinski definition) is 2. The van der Waals surface area contributed by atoms with E-state index in [2.05, 4.69) is 29.5 Å². The summed E-state index contributed by atoms with van der Waals surface area (Å²) in [5.74, 6) is -0.490. The standard InChI is InChI=1S/C23H23N3O2S/c1-16(2)29-21-12-6-4-10-19(21)23(28)26-20-11-5-3-9-18(20)22(27)25-15-17-8-7-13-24-14-17/h3-14,16H,15H2,1-2H3,(H,25,27)(H,26,28). The van der Waals surface area contributed by atoms with Crippen molar-refractivity contribution in [1.82, 2.24) is 10.3 Å². The summed E-state index contributed by atoms with van der Waals surface area (Å²) in [6.07, 6.45) is 3.39. The van der Waals surface area contributed by atoms with Crippen LogP contribution in [0.2, 0.25) is 0 Å². The molecule has 0 spiro atoms. The van der Waals surface area contributed by atoms with Crippen molar-refractivity contribution in [3.05, 3.63) is 89.7 Å². The van der Waals surface area contributed by atoms with Gasteiger partial charge in [0.15, 0.2) is 0 Å². The Morgan fingerprint density at radius 1 is 0.931 bits per heavy atom. The number of hydrogen-bond acceptors (Lipinski definition) is 4. The van der Waals surface area contributed by atoms with Crippen molar-refractivity contribution in [2.75, 3.05) is 5.32 Å². The molecule has 1 aromatic heterocycles. The minimum absolute atomic E-state index is 0.235. The molecule has 29 heavy (non-hydrogen) atoms. The number of nitrogens with zero attached hydrogens (tertiary/aromatic N) is 1. The normalized spacial score (nSPS) is 10.6. The minimum Gasteiger partial charge on any atom is -0.348 e. The van der Waals surface area contributed by atoms with Gasteiger partial charge in [-0.1, -0.05) is 44.2 Å². The molecule has 2 aromatic carbocycles. The number of carbonyl (C=O) groups excluding carboxylic acids is 2. The summed E-state index contributed by atoms with van der Waals surface area (Å²) in [7, 11) is 0. The largest absolute Gasteiger partial charge is 0.348 e. The van der Waals surface area contributed by atoms with Crippen LogP contribution in [0.25, 0.3) is 0 Å². The van der Waals surface area contributed by atoms with E-state index in [4.69, 9.17) is 0 Å². The van der Waals surface area contributed by atoms with Gasteiger partial charge in [-0.05, 0) is 35.9 Å². The van der Waals surface area contributed by atoms with Gasteiger partial charge < -0.3 is 10.6 Å². The summed E-state index contributed by atoms with van der Waals surface area (Å²) in [5.41, 5.74) is 2.39. The van der Waals surface area contributed by atoms with Crippen LogP contribution < -0.4 is 10.6 Å². The monoisotopic (exact) mass is 405 g/mol. The zero-order chi connectivity index (χ0) is 20.6. The highest BCUT2D eigenvalue weighted by atomic mass is 32.2. The van der Waals surface area contributed by atoms with Gasteiger partial charge in [-0.15, -0.1) is 11.8 Å². The van der Waals surface area contributed by atoms with Crippen LogP contribution in [-0.4, -0.2) is 22.0 Å². The van der Waals surface area contributed by atoms with Gasteiger partial charge in [0.2, 0.25) is 0 Å². The first-order chi connectivity index (χ1) is 14.0. The molecule has 148 valence electrons. The number of rotatable bonds is 7. The second kappa shape index (κ2) is 9.89. The number of benzene rings is 2. The van der Waals surface area contributed by atoms with Crippen LogP contribution in [0, 0.1) is 0 Å². The van der Waals surface area contributed by atoms with Gasteiger partial charge in [-0.2, -0.15) is 0 Å². The van der Waals surface area contributed by atoms with Crippen LogP contribution in [0.3, 0.4) is 0 Å². The smallest absolute Gasteiger partial charge is 0.256 e. The van der Waals surface area contributed by atoms with E-state index in [1.807, 2.05) is 30.3 Å². The molecule has 0 unspecified atom stereocenters. The van der Waals surface area contributed by atoms with Crippen LogP contribution in [0.15, 0.2) is 78.0 Å². The Hall–Kier alpha value is -3.12. The maximum atomic E-state index is 12.9. The Balaban J connectivity index is 1.75. The summed E-state index contributed by atoms with van der Waals surface area (Å²) in [4.78, 5) is 30.5. The van der Waals surface area contributed by atoms with E-state index >= 15 is 0 Å². The third kappa shape index (κ3) is 5.68. The Bertz CT molecular complexity index is 990. The molecule has 3 rings (SSSR count). The molecule has 1 heterocycles. The average molecular weight is 406 g/mol. The second-order valence-corrected chi connectivity index (χ2v) is 8.32. The summed E-state index contributed by atoms with van der Waals surface area (Å²) >= 11 is 1.63. The topological polar surface area (TPSA) is 71.1 Å². The lowest BCUT2D eigenvalue weighted by atomic mass is 10.1. The van der Waals surface area contributed by atoms with Crippen molar-refractivity contribution in [3.63, 3.8) is 0 Å². The Kier molecular flexibility index (Phi) is 7.03. The third-order valence-electron chi connectivity index (χ3n) is 4.09. The number of amides is 2. The first kappa shape index (κ1) is 20.6. The molecule has 2 N–H and O–H groups in total. The van der Waals surface area contributed by atoms with Crippen LogP contribution in [-0.2, 0) is 6.54 Å². The number of aromatic nitrogens is 1. The fourth-order valence-corrected chi connectivity index (χ4v) is 3.72. The molecule has 2 amide bonds. The first-order valence-electron chi connectivity index (χ1n) is 9.37. The Morgan fingerprint density at radius 3 is 2.38 bits per heavy atom. The van der Waals surface area contributed by atoms with Gasteiger partial charge >= 0.3 is 0 Å². The number of anilines is 1. The van der Waals surface area contributed by atoms with Crippen molar-refractivity contribution in [2.24, 2.45) is 0 Å². The van der Waals surface area contributed by atoms with Crippen LogP contribution >= 0.6 is 11.8 Å². The minimum atomic E-state index is -0.255. The molecule has 0 aliphatic heterocycles. The second-order valence-electron chi connectivity index (χ2n) is 6.71. The lowest BCUT2D eigenvalue weighted by Gasteiger charge is -2.14. The highest BCUT2D eigenvalue weighted by molar-refractivity contribution is 8.00. The average Bonchev–Trinajstić information content (AvgIpc) is 2.73. The summed E-state index contributed by atoms with van der Waals surface area (Å²) in [6, 6.07) is 18.2. The van der Waals surface area contributed by atoms with Gasteiger partial charge in [0.05, 0.1) is 16.8 Å². The number of carbonyl (C=O) groups is 2. The van der Waals surface area contributed by atoms with Gasteiger partial charge in [-0.25, -0.2) is 0 Å². The molecule has 0 atom stereocenters. The van der Waals surface area contributed by atoms with E-state index in [1.54, 1.807) is 54.5 Å². The maximum Gasteiger partial charge on any atom is 0.256 e. The van der Waals surface area contributed by atoms with Crippen LogP contribution in [0.1, 0.15) is 40.1 Å². The lowest BCUT2D eigenvalue weighted by molar-refractivity contribution is 0.0951. The fraction of sp³-hybridized carbons (Fsp3) is 0.174. The van der Waals surface area contributed by atoms with Gasteiger partial charge in [0, 0.05) is 29.1 Å². The number of para-hydroxylation sites is 1. The number of nitrogens with one attached hydrogen (secondary N) is 2. The van der Waals surface area contributed by atoms with Crippen molar-refractivity contribution in [1.29, 1.82) is 0 Å². The van der Waals surface area contributed by atoms with E-state index in [9.17, 15) is 9.59 Å². The van der Waals surface area contributed by atoms with Crippen LogP contribution in [0.5, 0.6) is 0 Å². The van der Waals surface area contributed by atoms with E-state index in [0.717, 1.165) is 10.5 Å². The predicted octanol–water partition coefficient (Wildman–Crippen LogP) is 4.76. The zero-order valence-electron chi connectivity index (χ0n) is 16.4. The highest BCUT2D eigenvalue weighted by Gasteiger charge is 2.16. The molecule has 0 radical (unpaired) electrons. The van der Waals surface area contributed by atoms with E-state index in [1.165, 1.54) is 0 Å². The third-order valence-corrected chi connectivity index (χ3v) is 5.17. The molecular formula is C23H23N3O2S. The molecule has 5 nitrogen and oxygen atoms in total. The Labute approximate surface area is 175 Å². The SMILES string of the molecule is CC(C)Sc1ccccc1C(=O)Nc1ccccc1C(=O)NCc1cccnc1. The quantitative estimate of drug-likeness (QED) is 0.556. The van der Waals surface area contributed by atoms with Gasteiger partial charge in [0.25, 0.3) is 11.8 Å². The van der Waals surface area contributed by atoms with Crippen molar-refractivity contribution >= 4 is 29.3 Å². The van der Waals surface area contributed by atoms with Crippen molar-refractivity contribution in [2.45, 2.75) is 30.5 Å². The molecule has 0 bridgehead atoms. The van der Waals surface area contributed by atoms with Crippen molar-refractivity contribution < 1.29 is 9.59 Å². The molecule has 0 saturated carbocycles. The molecule has 3 aromatic rings. The van der Waals surface area contributed by atoms with E-state index < -0.39 is 0 Å². The molecule has 0 saturated heterocycles. The van der Waals surface area contributed by atoms with E-state index in [-0.39, 0.29) is 11.8 Å². The number of thioether (sulfide) groups is 1. The summed E-state index contributed by atoms with van der Waals surface area (Å²) in [6.45, 7) is 4.53. The van der Waals surface area contributed by atoms with E-state index in [0.29, 0.717) is 28.6 Å². The van der Waals surface area contributed by atoms with Gasteiger partial charge in [0.1, 0.15) is 0 Å². The zero-order valence-corrected chi connectivity index (χ0v) is 17.2. The predicted molar refractivity (Wildman–Crippen MR) is 117 cm³/mol. The number of pyridine rings is 1. The first-order valence-corrected chi connectivity index (χ1v) is 10.3. The molecule has 6 heteroatoms. The summed E-state index contributed by atoms with van der Waals surface area (Å²) < 4.78 is 0. The molecular weight excluding hydrogens is 382 g/mol. The fourth-order valence-electron chi connectivity index (χ4n) is 2.77. The molecule has 0 aliphatic rings. The molecule has 0 fully saturated rings. The van der Waals surface area contributed by atoms with Crippen molar-refractivity contribution in [3.8, 4) is 0 Å². The Morgan fingerprint density at radius 2 is 1.66 bits per heavy atom. The lowest BCUT2D eigenvalue weighted by Crippen LogP contribution is -2.25. The maximum absolute atomic E-state index is 12.9. The molecule has 0 aliphatic carbocycles. The summed E-state index contributed by atoms with van der Waals surface area (Å²) in [5, 5.41) is 6.12. The van der Waals surface area contributed by atoms with Crippen LogP contribution in [0.4, 0.5) is 5.69 Å². The highest BCUT2D eigenvalue weighted by Crippen LogP contribution is 2.27. The van der Waals surface area contributed by atoms with Gasteiger partial charge in [-0.3, -0.25) is 14.6 Å².